The first-order valence-corrected chi connectivity index (χ1v) is 8.51. The van der Waals surface area contributed by atoms with Crippen molar-refractivity contribution in [2.75, 3.05) is 18.1 Å². The molecule has 104 valence electrons. The molecular weight excluding hydrogens is 244 g/mol. The van der Waals surface area contributed by atoms with E-state index in [1.165, 1.54) is 25.0 Å². The molecule has 2 rings (SSSR count). The van der Waals surface area contributed by atoms with Crippen LogP contribution in [-0.4, -0.2) is 30.0 Å². The van der Waals surface area contributed by atoms with E-state index in [0.29, 0.717) is 12.6 Å². The topological polar surface area (TPSA) is 55.1 Å². The number of hydrogen-bond acceptors (Lipinski definition) is 3. The van der Waals surface area contributed by atoms with Crippen molar-refractivity contribution in [3.63, 3.8) is 0 Å². The third-order valence-corrected chi connectivity index (χ3v) is 5.64. The maximum atomic E-state index is 12.6. The molecule has 18 heavy (non-hydrogen) atoms. The lowest BCUT2D eigenvalue weighted by Gasteiger charge is -2.33. The summed E-state index contributed by atoms with van der Waals surface area (Å²) in [6.45, 7) is 0.513. The monoisotopic (exact) mass is 270 g/mol. The molecule has 0 radical (unpaired) electrons. The van der Waals surface area contributed by atoms with Crippen molar-refractivity contribution in [1.29, 1.82) is 0 Å². The van der Waals surface area contributed by atoms with Crippen LogP contribution in [0, 0.1) is 5.41 Å². The smallest absolute Gasteiger partial charge is 0.227 e. The summed E-state index contributed by atoms with van der Waals surface area (Å²) < 4.78 is 0. The number of carbonyl (C=O) groups is 1. The lowest BCUT2D eigenvalue weighted by Crippen LogP contribution is -2.50. The zero-order valence-electron chi connectivity index (χ0n) is 11.2. The lowest BCUT2D eigenvalue weighted by atomic mass is 9.79. The van der Waals surface area contributed by atoms with Gasteiger partial charge in [-0.2, -0.15) is 11.8 Å². The number of nitrogens with one attached hydrogen (secondary N) is 1. The molecule has 0 aromatic carbocycles. The van der Waals surface area contributed by atoms with Gasteiger partial charge in [0.05, 0.1) is 5.41 Å². The van der Waals surface area contributed by atoms with E-state index in [1.54, 1.807) is 0 Å². The van der Waals surface area contributed by atoms with Crippen LogP contribution in [0.4, 0.5) is 0 Å². The first-order chi connectivity index (χ1) is 8.77. The van der Waals surface area contributed by atoms with Gasteiger partial charge in [-0.1, -0.05) is 25.7 Å². The van der Waals surface area contributed by atoms with E-state index in [9.17, 15) is 4.79 Å². The predicted octanol–water partition coefficient (Wildman–Crippen LogP) is 2.30. The minimum Gasteiger partial charge on any atom is -0.352 e. The van der Waals surface area contributed by atoms with E-state index < -0.39 is 0 Å². The lowest BCUT2D eigenvalue weighted by molar-refractivity contribution is -0.132. The summed E-state index contributed by atoms with van der Waals surface area (Å²) in [4.78, 5) is 12.6. The molecule has 1 atom stereocenters. The van der Waals surface area contributed by atoms with Crippen molar-refractivity contribution in [3.8, 4) is 0 Å². The van der Waals surface area contributed by atoms with E-state index in [0.717, 1.165) is 37.9 Å². The first kappa shape index (κ1) is 14.2. The van der Waals surface area contributed by atoms with E-state index in [-0.39, 0.29) is 11.3 Å². The molecule has 1 unspecified atom stereocenters. The molecule has 3 nitrogen and oxygen atoms in total. The zero-order chi connectivity index (χ0) is 12.8. The Morgan fingerprint density at radius 3 is 2.50 bits per heavy atom. The van der Waals surface area contributed by atoms with Crippen LogP contribution < -0.4 is 11.1 Å². The molecule has 1 aliphatic heterocycles. The fourth-order valence-corrected chi connectivity index (χ4v) is 4.19. The highest BCUT2D eigenvalue weighted by atomic mass is 32.2. The Balaban J connectivity index is 1.94. The molecule has 2 fully saturated rings. The van der Waals surface area contributed by atoms with Crippen LogP contribution in [0.1, 0.15) is 51.4 Å². The molecule has 2 aliphatic rings. The van der Waals surface area contributed by atoms with Gasteiger partial charge in [0.25, 0.3) is 0 Å². The maximum absolute atomic E-state index is 12.6. The molecule has 0 bridgehead atoms. The summed E-state index contributed by atoms with van der Waals surface area (Å²) in [5, 5.41) is 3.27. The van der Waals surface area contributed by atoms with Gasteiger partial charge < -0.3 is 11.1 Å². The largest absolute Gasteiger partial charge is 0.352 e. The Morgan fingerprint density at radius 2 is 1.94 bits per heavy atom. The van der Waals surface area contributed by atoms with Crippen LogP contribution in [0.2, 0.25) is 0 Å². The van der Waals surface area contributed by atoms with Crippen LogP contribution in [0.3, 0.4) is 0 Å². The molecule has 1 heterocycles. The highest BCUT2D eigenvalue weighted by Crippen LogP contribution is 2.34. The summed E-state index contributed by atoms with van der Waals surface area (Å²) in [7, 11) is 0. The van der Waals surface area contributed by atoms with Gasteiger partial charge in [0.15, 0.2) is 0 Å². The standard InChI is InChI=1S/C14H26N2OS/c15-11-14(7-3-1-2-4-8-14)13(17)16-12-6-5-9-18-10-12/h12H,1-11,15H2,(H,16,17). The summed E-state index contributed by atoms with van der Waals surface area (Å²) >= 11 is 1.96. The molecule has 1 aliphatic carbocycles. The second-order valence-electron chi connectivity index (χ2n) is 5.79. The molecule has 0 aromatic heterocycles. The van der Waals surface area contributed by atoms with E-state index >= 15 is 0 Å². The van der Waals surface area contributed by atoms with Gasteiger partial charge in [-0.05, 0) is 31.4 Å². The van der Waals surface area contributed by atoms with Crippen molar-refractivity contribution in [2.24, 2.45) is 11.1 Å². The van der Waals surface area contributed by atoms with Crippen molar-refractivity contribution >= 4 is 17.7 Å². The normalized spacial score (nSPS) is 28.4. The van der Waals surface area contributed by atoms with Gasteiger partial charge in [0, 0.05) is 18.3 Å². The SMILES string of the molecule is NCC1(C(=O)NC2CCCSC2)CCCCCC1. The van der Waals surface area contributed by atoms with E-state index in [1.807, 2.05) is 11.8 Å². The van der Waals surface area contributed by atoms with Gasteiger partial charge in [0.1, 0.15) is 0 Å². The van der Waals surface area contributed by atoms with Gasteiger partial charge in [0.2, 0.25) is 5.91 Å². The number of nitrogens with two attached hydrogens (primary N) is 1. The Morgan fingerprint density at radius 1 is 1.22 bits per heavy atom. The molecule has 1 saturated heterocycles. The molecular formula is C14H26N2OS. The first-order valence-electron chi connectivity index (χ1n) is 7.36. The van der Waals surface area contributed by atoms with E-state index in [2.05, 4.69) is 5.32 Å². The number of rotatable bonds is 3. The molecule has 4 heteroatoms. The number of hydrogen-bond donors (Lipinski definition) is 2. The fourth-order valence-electron chi connectivity index (χ4n) is 3.12. The van der Waals surface area contributed by atoms with Crippen molar-refractivity contribution in [1.82, 2.24) is 5.32 Å². The third kappa shape index (κ3) is 3.41. The predicted molar refractivity (Wildman–Crippen MR) is 77.7 cm³/mol. The third-order valence-electron chi connectivity index (χ3n) is 4.43. The minimum atomic E-state index is -0.265. The highest BCUT2D eigenvalue weighted by molar-refractivity contribution is 7.99. The van der Waals surface area contributed by atoms with Crippen molar-refractivity contribution in [2.45, 2.75) is 57.4 Å². The van der Waals surface area contributed by atoms with Gasteiger partial charge in [-0.15, -0.1) is 0 Å². The van der Waals surface area contributed by atoms with Crippen molar-refractivity contribution < 1.29 is 4.79 Å². The van der Waals surface area contributed by atoms with Gasteiger partial charge >= 0.3 is 0 Å². The van der Waals surface area contributed by atoms with Crippen LogP contribution in [-0.2, 0) is 4.79 Å². The Labute approximate surface area is 115 Å². The maximum Gasteiger partial charge on any atom is 0.227 e. The van der Waals surface area contributed by atoms with Crippen LogP contribution in [0.5, 0.6) is 0 Å². The molecule has 1 saturated carbocycles. The zero-order valence-corrected chi connectivity index (χ0v) is 12.1. The molecule has 0 spiro atoms. The average Bonchev–Trinajstić information content (AvgIpc) is 2.66. The average molecular weight is 270 g/mol. The number of amides is 1. The Hall–Kier alpha value is -0.220. The Kier molecular flexibility index (Phi) is 5.37. The molecule has 0 aromatic rings. The van der Waals surface area contributed by atoms with Gasteiger partial charge in [-0.25, -0.2) is 0 Å². The second-order valence-corrected chi connectivity index (χ2v) is 6.94. The second kappa shape index (κ2) is 6.80. The van der Waals surface area contributed by atoms with Crippen LogP contribution in [0.25, 0.3) is 0 Å². The molecule has 3 N–H and O–H groups in total. The van der Waals surface area contributed by atoms with E-state index in [4.69, 9.17) is 5.73 Å². The summed E-state index contributed by atoms with van der Waals surface area (Å²) in [5.74, 6) is 2.56. The van der Waals surface area contributed by atoms with Gasteiger partial charge in [-0.3, -0.25) is 4.79 Å². The summed E-state index contributed by atoms with van der Waals surface area (Å²) in [5.41, 5.74) is 5.68. The quantitative estimate of drug-likeness (QED) is 0.774. The van der Waals surface area contributed by atoms with Crippen LogP contribution >= 0.6 is 11.8 Å². The van der Waals surface area contributed by atoms with Crippen LogP contribution in [0.15, 0.2) is 0 Å². The fraction of sp³-hybridized carbons (Fsp3) is 0.929. The number of carbonyl (C=O) groups excluding carboxylic acids is 1. The highest BCUT2D eigenvalue weighted by Gasteiger charge is 2.38. The Bertz CT molecular complexity index is 269. The number of thioether (sulfide) groups is 1. The minimum absolute atomic E-state index is 0.236. The summed E-state index contributed by atoms with van der Waals surface area (Å²) in [6, 6.07) is 0.378. The molecule has 1 amide bonds. The summed E-state index contributed by atoms with van der Waals surface area (Å²) in [6.07, 6.45) is 9.16. The van der Waals surface area contributed by atoms with Crippen molar-refractivity contribution in [3.05, 3.63) is 0 Å².